The third kappa shape index (κ3) is 14.1. The first-order chi connectivity index (χ1) is 9.41. The van der Waals surface area contributed by atoms with Crippen molar-refractivity contribution in [2.45, 2.75) is 46.1 Å². The van der Waals surface area contributed by atoms with Gasteiger partial charge < -0.3 is 18.9 Å². The van der Waals surface area contributed by atoms with E-state index in [0.29, 0.717) is 23.2 Å². The molecule has 0 aliphatic heterocycles. The quantitative estimate of drug-likeness (QED) is 0.428. The molecule has 21 heavy (non-hydrogen) atoms. The van der Waals surface area contributed by atoms with Crippen molar-refractivity contribution in [3.63, 3.8) is 0 Å². The van der Waals surface area contributed by atoms with E-state index < -0.39 is 35.8 Å². The van der Waals surface area contributed by atoms with Crippen LogP contribution in [0.2, 0.25) is 0 Å². The van der Waals surface area contributed by atoms with Crippen LogP contribution in [0, 0.1) is 5.92 Å². The average molecular weight is 362 g/mol. The predicted molar refractivity (Wildman–Crippen MR) is 87.0 cm³/mol. The molecule has 0 aromatic rings. The van der Waals surface area contributed by atoms with Crippen LogP contribution in [0.25, 0.3) is 0 Å². The third-order valence-corrected chi connectivity index (χ3v) is 6.42. The summed E-state index contributed by atoms with van der Waals surface area (Å²) in [4.78, 5) is 17.5. The second-order valence-corrected chi connectivity index (χ2v) is 10.5. The Morgan fingerprint density at radius 1 is 1.10 bits per heavy atom. The Hall–Kier alpha value is 0.730. The van der Waals surface area contributed by atoms with Crippen LogP contribution in [-0.2, 0) is 31.4 Å². The summed E-state index contributed by atoms with van der Waals surface area (Å²) >= 11 is -2.11. The minimum Gasteiger partial charge on any atom is -0.616 e. The number of phosphoric ester groups is 1. The standard InChI is InChI=1S/C12H27O6PS2/c1-11(2)5-7-20(16)9-10-21(17)8-6-12(3,4)18-19(13,14)15/h11H,5-10H2,1-4H3,(H2,13,14,15). The van der Waals surface area contributed by atoms with E-state index >= 15 is 0 Å². The highest BCUT2D eigenvalue weighted by atomic mass is 32.2. The summed E-state index contributed by atoms with van der Waals surface area (Å²) in [6.07, 6.45) is 1.16. The van der Waals surface area contributed by atoms with Gasteiger partial charge in [-0.3, -0.25) is 4.52 Å². The van der Waals surface area contributed by atoms with Crippen LogP contribution in [0.1, 0.15) is 40.5 Å². The van der Waals surface area contributed by atoms with Crippen molar-refractivity contribution >= 4 is 30.2 Å². The number of hydrogen-bond acceptors (Lipinski definition) is 4. The van der Waals surface area contributed by atoms with Gasteiger partial charge in [-0.15, -0.1) is 0 Å². The van der Waals surface area contributed by atoms with Gasteiger partial charge in [0.05, 0.1) is 5.60 Å². The van der Waals surface area contributed by atoms with Gasteiger partial charge in [0, 0.05) is 6.42 Å². The zero-order chi connectivity index (χ0) is 16.7. The second kappa shape index (κ2) is 9.78. The van der Waals surface area contributed by atoms with Gasteiger partial charge in [0.25, 0.3) is 0 Å². The van der Waals surface area contributed by atoms with Crippen LogP contribution in [0.3, 0.4) is 0 Å². The average Bonchev–Trinajstić information content (AvgIpc) is 2.28. The summed E-state index contributed by atoms with van der Waals surface area (Å²) in [6, 6.07) is 0. The topological polar surface area (TPSA) is 113 Å². The molecule has 0 saturated heterocycles. The summed E-state index contributed by atoms with van der Waals surface area (Å²) in [5.74, 6) is 2.15. The van der Waals surface area contributed by atoms with Crippen LogP contribution >= 0.6 is 7.82 Å². The molecule has 0 fully saturated rings. The zero-order valence-corrected chi connectivity index (χ0v) is 15.6. The maximum Gasteiger partial charge on any atom is 0.470 e. The first-order valence-corrected chi connectivity index (χ1v) is 11.4. The highest BCUT2D eigenvalue weighted by molar-refractivity contribution is 7.95. The van der Waals surface area contributed by atoms with E-state index in [9.17, 15) is 13.7 Å². The Labute approximate surface area is 133 Å². The Morgan fingerprint density at radius 2 is 1.57 bits per heavy atom. The summed E-state index contributed by atoms with van der Waals surface area (Å²) in [7, 11) is -4.54. The molecule has 0 aliphatic rings. The molecule has 0 bridgehead atoms. The van der Waals surface area contributed by atoms with Crippen LogP contribution in [0.15, 0.2) is 0 Å². The first kappa shape index (κ1) is 21.7. The minimum absolute atomic E-state index is 0.267. The largest absolute Gasteiger partial charge is 0.616 e. The molecule has 0 aromatic heterocycles. The molecule has 0 aromatic carbocycles. The van der Waals surface area contributed by atoms with Crippen molar-refractivity contribution < 1.29 is 28.0 Å². The molecule has 0 radical (unpaired) electrons. The van der Waals surface area contributed by atoms with Gasteiger partial charge >= 0.3 is 7.82 Å². The van der Waals surface area contributed by atoms with Crippen molar-refractivity contribution in [3.05, 3.63) is 0 Å². The van der Waals surface area contributed by atoms with Gasteiger partial charge in [-0.2, -0.15) is 0 Å². The second-order valence-electron chi connectivity index (χ2n) is 5.97. The van der Waals surface area contributed by atoms with Crippen molar-refractivity contribution in [3.8, 4) is 0 Å². The molecule has 6 nitrogen and oxygen atoms in total. The molecule has 128 valence electrons. The molecule has 0 saturated carbocycles. The molecule has 0 spiro atoms. The molecule has 0 rings (SSSR count). The fraction of sp³-hybridized carbons (Fsp3) is 1.00. The van der Waals surface area contributed by atoms with Gasteiger partial charge in [0.1, 0.15) is 23.0 Å². The lowest BCUT2D eigenvalue weighted by Crippen LogP contribution is -2.29. The van der Waals surface area contributed by atoms with E-state index in [2.05, 4.69) is 18.4 Å². The van der Waals surface area contributed by atoms with E-state index in [1.54, 1.807) is 13.8 Å². The molecular weight excluding hydrogens is 335 g/mol. The monoisotopic (exact) mass is 362 g/mol. The molecule has 0 amide bonds. The Morgan fingerprint density at radius 3 is 2.00 bits per heavy atom. The molecule has 2 N–H and O–H groups in total. The lowest BCUT2D eigenvalue weighted by molar-refractivity contribution is 0.0627. The van der Waals surface area contributed by atoms with Crippen LogP contribution in [0.4, 0.5) is 0 Å². The molecule has 0 heterocycles. The van der Waals surface area contributed by atoms with Crippen molar-refractivity contribution in [1.82, 2.24) is 0 Å². The number of hydrogen-bond donors (Lipinski definition) is 2. The SMILES string of the molecule is CC(C)CC[S+]([O-])CC[S+]([O-])CCC(C)(C)OP(=O)(O)O. The summed E-state index contributed by atoms with van der Waals surface area (Å²) in [5.41, 5.74) is -1.04. The van der Waals surface area contributed by atoms with Gasteiger partial charge in [0.2, 0.25) is 0 Å². The van der Waals surface area contributed by atoms with Crippen LogP contribution in [0.5, 0.6) is 0 Å². The van der Waals surface area contributed by atoms with Crippen molar-refractivity contribution in [2.24, 2.45) is 5.92 Å². The van der Waals surface area contributed by atoms with Gasteiger partial charge in [-0.05, 0) is 48.5 Å². The van der Waals surface area contributed by atoms with Crippen LogP contribution < -0.4 is 0 Å². The first-order valence-electron chi connectivity index (χ1n) is 6.87. The Balaban J connectivity index is 3.94. The highest BCUT2D eigenvalue weighted by Gasteiger charge is 2.30. The van der Waals surface area contributed by atoms with E-state index in [-0.39, 0.29) is 12.2 Å². The van der Waals surface area contributed by atoms with Crippen molar-refractivity contribution in [2.75, 3.05) is 23.0 Å². The number of phosphoric acid groups is 1. The zero-order valence-electron chi connectivity index (χ0n) is 13.1. The predicted octanol–water partition coefficient (Wildman–Crippen LogP) is 1.81. The minimum atomic E-state index is -4.54. The number of rotatable bonds is 11. The van der Waals surface area contributed by atoms with Gasteiger partial charge in [-0.25, -0.2) is 4.57 Å². The Bertz CT molecular complexity index is 334. The smallest absolute Gasteiger partial charge is 0.470 e. The molecular formula is C12H27O6PS2. The summed E-state index contributed by atoms with van der Waals surface area (Å²) < 4.78 is 38.9. The van der Waals surface area contributed by atoms with Crippen LogP contribution in [-0.4, -0.2) is 47.5 Å². The van der Waals surface area contributed by atoms with Crippen molar-refractivity contribution in [1.29, 1.82) is 0 Å². The fourth-order valence-electron chi connectivity index (χ4n) is 1.48. The fourth-order valence-corrected chi connectivity index (χ4v) is 5.57. The molecule has 0 aliphatic carbocycles. The molecule has 9 heteroatoms. The summed E-state index contributed by atoms with van der Waals surface area (Å²) in [5, 5.41) is 0. The third-order valence-electron chi connectivity index (χ3n) is 2.76. The lowest BCUT2D eigenvalue weighted by Gasteiger charge is -2.25. The normalized spacial score (nSPS) is 16.2. The van der Waals surface area contributed by atoms with Gasteiger partial charge in [0.15, 0.2) is 0 Å². The van der Waals surface area contributed by atoms with E-state index in [1.807, 2.05) is 0 Å². The molecule has 2 unspecified atom stereocenters. The lowest BCUT2D eigenvalue weighted by atomic mass is 10.1. The summed E-state index contributed by atoms with van der Waals surface area (Å²) in [6.45, 7) is 7.23. The van der Waals surface area contributed by atoms with E-state index in [0.717, 1.165) is 6.42 Å². The van der Waals surface area contributed by atoms with Gasteiger partial charge in [-0.1, -0.05) is 13.8 Å². The Kier molecular flexibility index (Phi) is 10.1. The maximum absolute atomic E-state index is 11.8. The van der Waals surface area contributed by atoms with E-state index in [1.165, 1.54) is 0 Å². The molecule has 2 atom stereocenters. The maximum atomic E-state index is 11.8. The van der Waals surface area contributed by atoms with E-state index in [4.69, 9.17) is 9.79 Å². The highest BCUT2D eigenvalue weighted by Crippen LogP contribution is 2.42.